The van der Waals surface area contributed by atoms with Crippen LogP contribution >= 0.6 is 15.9 Å². The maximum atomic E-state index is 4.70. The molecule has 3 heteroatoms. The van der Waals surface area contributed by atoms with E-state index >= 15 is 0 Å². The molecule has 0 spiro atoms. The van der Waals surface area contributed by atoms with Gasteiger partial charge in [-0.05, 0) is 39.2 Å². The van der Waals surface area contributed by atoms with Crippen molar-refractivity contribution < 1.29 is 0 Å². The third-order valence-electron chi connectivity index (χ3n) is 3.28. The van der Waals surface area contributed by atoms with E-state index in [9.17, 15) is 0 Å². The lowest BCUT2D eigenvalue weighted by atomic mass is 10.0. The number of nitrogens with zero attached hydrogens (tertiary/aromatic N) is 2. The van der Waals surface area contributed by atoms with Gasteiger partial charge in [-0.15, -0.1) is 0 Å². The minimum Gasteiger partial charge on any atom is -0.233 e. The smallest absolute Gasteiger partial charge is 0.130 e. The third kappa shape index (κ3) is 2.59. The zero-order valence-corrected chi connectivity index (χ0v) is 12.9. The fourth-order valence-corrected chi connectivity index (χ4v) is 2.81. The van der Waals surface area contributed by atoms with Crippen molar-refractivity contribution in [3.05, 3.63) is 59.0 Å². The van der Waals surface area contributed by atoms with E-state index in [4.69, 9.17) is 4.98 Å². The van der Waals surface area contributed by atoms with Crippen LogP contribution in [0.2, 0.25) is 0 Å². The summed E-state index contributed by atoms with van der Waals surface area (Å²) in [5.41, 5.74) is 2.13. The van der Waals surface area contributed by atoms with Crippen molar-refractivity contribution in [1.29, 1.82) is 0 Å². The lowest BCUT2D eigenvalue weighted by Gasteiger charge is -2.08. The van der Waals surface area contributed by atoms with Crippen LogP contribution in [0.3, 0.4) is 0 Å². The highest BCUT2D eigenvalue weighted by Gasteiger charge is 2.08. The van der Waals surface area contributed by atoms with E-state index in [1.54, 1.807) is 0 Å². The molecule has 0 atom stereocenters. The van der Waals surface area contributed by atoms with Crippen LogP contribution in [-0.2, 0) is 6.42 Å². The first-order valence-electron chi connectivity index (χ1n) is 6.79. The second-order valence-electron chi connectivity index (χ2n) is 4.77. The standard InChI is InChI=1S/C17H15BrN2/c1-2-6-17-19-15(11-16(18)20-17)14-10-5-8-12-7-3-4-9-13(12)14/h3-5,7-11H,2,6H2,1H3. The molecule has 20 heavy (non-hydrogen) atoms. The van der Waals surface area contributed by atoms with Crippen molar-refractivity contribution in [1.82, 2.24) is 9.97 Å². The second kappa shape index (κ2) is 5.71. The number of hydrogen-bond donors (Lipinski definition) is 0. The van der Waals surface area contributed by atoms with Crippen molar-refractivity contribution in [3.8, 4) is 11.3 Å². The summed E-state index contributed by atoms with van der Waals surface area (Å²) in [4.78, 5) is 9.14. The average molecular weight is 327 g/mol. The van der Waals surface area contributed by atoms with E-state index in [-0.39, 0.29) is 0 Å². The fourth-order valence-electron chi connectivity index (χ4n) is 2.39. The molecule has 0 aliphatic heterocycles. The minimum absolute atomic E-state index is 0.846. The number of hydrogen-bond acceptors (Lipinski definition) is 2. The maximum absolute atomic E-state index is 4.70. The molecule has 0 bridgehead atoms. The Morgan fingerprint density at radius 2 is 1.80 bits per heavy atom. The molecule has 2 aromatic carbocycles. The summed E-state index contributed by atoms with van der Waals surface area (Å²) in [7, 11) is 0. The maximum Gasteiger partial charge on any atom is 0.130 e. The van der Waals surface area contributed by atoms with Gasteiger partial charge in [-0.3, -0.25) is 0 Å². The van der Waals surface area contributed by atoms with E-state index in [1.807, 2.05) is 6.07 Å². The van der Waals surface area contributed by atoms with Crippen LogP contribution in [0.25, 0.3) is 22.0 Å². The highest BCUT2D eigenvalue weighted by molar-refractivity contribution is 9.10. The molecular formula is C17H15BrN2. The van der Waals surface area contributed by atoms with E-state index in [1.165, 1.54) is 10.8 Å². The molecule has 100 valence electrons. The van der Waals surface area contributed by atoms with Crippen LogP contribution < -0.4 is 0 Å². The molecule has 0 aliphatic carbocycles. The quantitative estimate of drug-likeness (QED) is 0.632. The molecule has 2 nitrogen and oxygen atoms in total. The molecule has 0 aliphatic rings. The molecule has 0 saturated heterocycles. The normalized spacial score (nSPS) is 10.9. The van der Waals surface area contributed by atoms with E-state index in [0.29, 0.717) is 0 Å². The zero-order valence-electron chi connectivity index (χ0n) is 11.3. The molecule has 0 radical (unpaired) electrons. The summed E-state index contributed by atoms with van der Waals surface area (Å²) in [5, 5.41) is 2.46. The van der Waals surface area contributed by atoms with Gasteiger partial charge in [0.15, 0.2) is 0 Å². The van der Waals surface area contributed by atoms with Crippen molar-refractivity contribution in [2.24, 2.45) is 0 Å². The fraction of sp³-hybridized carbons (Fsp3) is 0.176. The zero-order chi connectivity index (χ0) is 13.9. The van der Waals surface area contributed by atoms with Crippen molar-refractivity contribution in [2.75, 3.05) is 0 Å². The molecule has 1 heterocycles. The highest BCUT2D eigenvalue weighted by atomic mass is 79.9. The monoisotopic (exact) mass is 326 g/mol. The van der Waals surface area contributed by atoms with Crippen molar-refractivity contribution in [2.45, 2.75) is 19.8 Å². The predicted molar refractivity (Wildman–Crippen MR) is 86.7 cm³/mol. The SMILES string of the molecule is CCCc1nc(Br)cc(-c2cccc3ccccc23)n1. The third-order valence-corrected chi connectivity index (χ3v) is 3.69. The van der Waals surface area contributed by atoms with Crippen LogP contribution in [0.1, 0.15) is 19.2 Å². The summed E-state index contributed by atoms with van der Waals surface area (Å²) < 4.78 is 0.846. The largest absolute Gasteiger partial charge is 0.233 e. The topological polar surface area (TPSA) is 25.8 Å². The molecule has 0 saturated carbocycles. The van der Waals surface area contributed by atoms with E-state index in [0.717, 1.165) is 34.5 Å². The number of halogens is 1. The van der Waals surface area contributed by atoms with Gasteiger partial charge in [0.05, 0.1) is 5.69 Å². The first kappa shape index (κ1) is 13.3. The summed E-state index contributed by atoms with van der Waals surface area (Å²) in [6.45, 7) is 2.14. The van der Waals surface area contributed by atoms with Gasteiger partial charge < -0.3 is 0 Å². The molecule has 0 unspecified atom stereocenters. The van der Waals surface area contributed by atoms with Crippen LogP contribution in [0.4, 0.5) is 0 Å². The summed E-state index contributed by atoms with van der Waals surface area (Å²) in [5.74, 6) is 0.893. The molecule has 3 rings (SSSR count). The van der Waals surface area contributed by atoms with E-state index < -0.39 is 0 Å². The number of aryl methyl sites for hydroxylation is 1. The minimum atomic E-state index is 0.846. The van der Waals surface area contributed by atoms with Gasteiger partial charge in [0.25, 0.3) is 0 Å². The van der Waals surface area contributed by atoms with Gasteiger partial charge in [0.1, 0.15) is 10.4 Å². The van der Waals surface area contributed by atoms with Crippen molar-refractivity contribution in [3.63, 3.8) is 0 Å². The number of rotatable bonds is 3. The number of aromatic nitrogens is 2. The van der Waals surface area contributed by atoms with Gasteiger partial charge in [-0.2, -0.15) is 0 Å². The highest BCUT2D eigenvalue weighted by Crippen LogP contribution is 2.28. The van der Waals surface area contributed by atoms with Crippen molar-refractivity contribution >= 4 is 26.7 Å². The second-order valence-corrected chi connectivity index (χ2v) is 5.58. The first-order chi connectivity index (χ1) is 9.78. The summed E-state index contributed by atoms with van der Waals surface area (Å²) in [6.07, 6.45) is 1.95. The predicted octanol–water partition coefficient (Wildman–Crippen LogP) is 5.01. The Labute approximate surface area is 127 Å². The van der Waals surface area contributed by atoms with Gasteiger partial charge >= 0.3 is 0 Å². The van der Waals surface area contributed by atoms with Crippen LogP contribution in [-0.4, -0.2) is 9.97 Å². The molecule has 0 amide bonds. The van der Waals surface area contributed by atoms with Crippen LogP contribution in [0.5, 0.6) is 0 Å². The number of fused-ring (bicyclic) bond motifs is 1. The first-order valence-corrected chi connectivity index (χ1v) is 7.59. The molecule has 0 N–H and O–H groups in total. The van der Waals surface area contributed by atoms with Gasteiger partial charge in [-0.1, -0.05) is 49.4 Å². The van der Waals surface area contributed by atoms with E-state index in [2.05, 4.69) is 70.3 Å². The van der Waals surface area contributed by atoms with Gasteiger partial charge in [0.2, 0.25) is 0 Å². The van der Waals surface area contributed by atoms with Crippen LogP contribution in [0, 0.1) is 0 Å². The molecule has 0 fully saturated rings. The Morgan fingerprint density at radius 1 is 1.00 bits per heavy atom. The Balaban J connectivity index is 2.20. The summed E-state index contributed by atoms with van der Waals surface area (Å²) >= 11 is 3.49. The Bertz CT molecular complexity index is 748. The van der Waals surface area contributed by atoms with Gasteiger partial charge in [-0.25, -0.2) is 9.97 Å². The summed E-state index contributed by atoms with van der Waals surface area (Å²) in [6, 6.07) is 16.7. The molecule has 1 aromatic heterocycles. The average Bonchev–Trinajstić information content (AvgIpc) is 2.46. The molecular weight excluding hydrogens is 312 g/mol. The molecule has 3 aromatic rings. The van der Waals surface area contributed by atoms with Crippen LogP contribution in [0.15, 0.2) is 53.1 Å². The Hall–Kier alpha value is -1.74. The lowest BCUT2D eigenvalue weighted by Crippen LogP contribution is -1.97. The Morgan fingerprint density at radius 3 is 2.65 bits per heavy atom. The lowest BCUT2D eigenvalue weighted by molar-refractivity contribution is 0.831. The Kier molecular flexibility index (Phi) is 3.79. The van der Waals surface area contributed by atoms with Gasteiger partial charge in [0, 0.05) is 12.0 Å². The number of benzene rings is 2.